The molecule has 20 heavy (non-hydrogen) atoms. The summed E-state index contributed by atoms with van der Waals surface area (Å²) in [6.45, 7) is 2.56. The lowest BCUT2D eigenvalue weighted by atomic mass is 10.1. The first-order valence-electron chi connectivity index (χ1n) is 6.46. The van der Waals surface area contributed by atoms with E-state index in [4.69, 9.17) is 4.74 Å². The zero-order valence-corrected chi connectivity index (χ0v) is 11.7. The Morgan fingerprint density at radius 1 is 1.30 bits per heavy atom. The molecular weight excluding hydrogens is 288 g/mol. The summed E-state index contributed by atoms with van der Waals surface area (Å²) in [7, 11) is -4.52. The van der Waals surface area contributed by atoms with Crippen LogP contribution >= 0.6 is 0 Å². The molecule has 1 aliphatic heterocycles. The average Bonchev–Trinajstić information content (AvgIpc) is 2.92. The predicted octanol–water partition coefficient (Wildman–Crippen LogP) is 2.06. The van der Waals surface area contributed by atoms with Crippen LogP contribution in [0, 0.1) is 5.92 Å². The number of rotatable bonds is 6. The molecule has 1 N–H and O–H groups in total. The molecule has 0 spiro atoms. The van der Waals surface area contributed by atoms with E-state index in [1.54, 1.807) is 0 Å². The fourth-order valence-electron chi connectivity index (χ4n) is 2.13. The van der Waals surface area contributed by atoms with Crippen LogP contribution in [0.4, 0.5) is 8.78 Å². The minimum atomic E-state index is -4.52. The zero-order valence-electron chi connectivity index (χ0n) is 10.9. The minimum Gasteiger partial charge on any atom is -0.494 e. The van der Waals surface area contributed by atoms with E-state index in [9.17, 15) is 17.2 Å². The van der Waals surface area contributed by atoms with Crippen LogP contribution in [0.3, 0.4) is 0 Å². The van der Waals surface area contributed by atoms with Gasteiger partial charge in [0.2, 0.25) is 9.84 Å². The van der Waals surface area contributed by atoms with Gasteiger partial charge in [-0.05, 0) is 56.1 Å². The smallest absolute Gasteiger partial charge is 0.341 e. The first-order chi connectivity index (χ1) is 9.50. The Morgan fingerprint density at radius 2 is 2.00 bits per heavy atom. The molecule has 1 atom stereocenters. The second kappa shape index (κ2) is 6.49. The molecule has 7 heteroatoms. The van der Waals surface area contributed by atoms with Gasteiger partial charge in [0.15, 0.2) is 0 Å². The van der Waals surface area contributed by atoms with Gasteiger partial charge < -0.3 is 10.1 Å². The predicted molar refractivity (Wildman–Crippen MR) is 70.7 cm³/mol. The topological polar surface area (TPSA) is 55.4 Å². The number of nitrogens with one attached hydrogen (secondary N) is 1. The molecule has 1 aromatic carbocycles. The number of hydrogen-bond donors (Lipinski definition) is 1. The van der Waals surface area contributed by atoms with Crippen molar-refractivity contribution < 1.29 is 21.9 Å². The van der Waals surface area contributed by atoms with Gasteiger partial charge >= 0.3 is 5.76 Å². The van der Waals surface area contributed by atoms with E-state index >= 15 is 0 Å². The molecule has 1 heterocycles. The second-order valence-electron chi connectivity index (χ2n) is 4.77. The maximum absolute atomic E-state index is 12.3. The van der Waals surface area contributed by atoms with Crippen LogP contribution in [0.2, 0.25) is 0 Å². The second-order valence-corrected chi connectivity index (χ2v) is 6.69. The lowest BCUT2D eigenvalue weighted by molar-refractivity contribution is 0.234. The Morgan fingerprint density at radius 3 is 2.55 bits per heavy atom. The third-order valence-electron chi connectivity index (χ3n) is 3.34. The van der Waals surface area contributed by atoms with E-state index in [1.165, 1.54) is 12.1 Å². The van der Waals surface area contributed by atoms with Crippen molar-refractivity contribution in [2.24, 2.45) is 5.92 Å². The van der Waals surface area contributed by atoms with Crippen molar-refractivity contribution >= 4 is 9.84 Å². The summed E-state index contributed by atoms with van der Waals surface area (Å²) in [5.41, 5.74) is 0. The Kier molecular flexibility index (Phi) is 4.93. The number of hydrogen-bond acceptors (Lipinski definition) is 4. The van der Waals surface area contributed by atoms with Crippen molar-refractivity contribution in [3.63, 3.8) is 0 Å². The highest BCUT2D eigenvalue weighted by Crippen LogP contribution is 2.21. The van der Waals surface area contributed by atoms with E-state index in [0.717, 1.165) is 38.1 Å². The van der Waals surface area contributed by atoms with Crippen molar-refractivity contribution in [3.05, 3.63) is 24.3 Å². The van der Waals surface area contributed by atoms with Crippen molar-refractivity contribution in [2.75, 3.05) is 19.7 Å². The third kappa shape index (κ3) is 3.67. The van der Waals surface area contributed by atoms with Gasteiger partial charge in [0, 0.05) is 0 Å². The molecule has 2 rings (SSSR count). The van der Waals surface area contributed by atoms with Gasteiger partial charge in [-0.15, -0.1) is 0 Å². The number of alkyl halides is 2. The average molecular weight is 305 g/mol. The van der Waals surface area contributed by atoms with Gasteiger partial charge in [-0.3, -0.25) is 0 Å². The molecule has 0 aromatic heterocycles. The molecule has 0 amide bonds. The molecule has 4 nitrogen and oxygen atoms in total. The quantitative estimate of drug-likeness (QED) is 0.874. The SMILES string of the molecule is O=S(=O)(c1ccc(OCCC2CCNC2)cc1)C(F)F. The summed E-state index contributed by atoms with van der Waals surface area (Å²) in [6.07, 6.45) is 2.05. The summed E-state index contributed by atoms with van der Waals surface area (Å²) in [6, 6.07) is 5.10. The molecule has 112 valence electrons. The largest absolute Gasteiger partial charge is 0.494 e. The summed E-state index contributed by atoms with van der Waals surface area (Å²) >= 11 is 0. The highest BCUT2D eigenvalue weighted by molar-refractivity contribution is 7.91. The maximum Gasteiger partial charge on any atom is 0.341 e. The highest BCUT2D eigenvalue weighted by atomic mass is 32.2. The monoisotopic (exact) mass is 305 g/mol. The summed E-state index contributed by atoms with van der Waals surface area (Å²) < 4.78 is 52.7. The van der Waals surface area contributed by atoms with E-state index in [-0.39, 0.29) is 4.90 Å². The molecule has 0 saturated carbocycles. The molecule has 1 unspecified atom stereocenters. The van der Waals surface area contributed by atoms with Gasteiger partial charge in [0.1, 0.15) is 5.75 Å². The molecule has 1 aromatic rings. The van der Waals surface area contributed by atoms with Gasteiger partial charge in [0.25, 0.3) is 0 Å². The standard InChI is InChI=1S/C13H17F2NO3S/c14-13(15)20(17,18)12-3-1-11(2-4-12)19-8-6-10-5-7-16-9-10/h1-4,10,13,16H,5-9H2. The molecule has 0 bridgehead atoms. The number of sulfone groups is 1. The van der Waals surface area contributed by atoms with Crippen molar-refractivity contribution in [1.29, 1.82) is 0 Å². The Labute approximate surface area is 117 Å². The van der Waals surface area contributed by atoms with Gasteiger partial charge in [-0.2, -0.15) is 8.78 Å². The van der Waals surface area contributed by atoms with Gasteiger partial charge in [-0.25, -0.2) is 8.42 Å². The van der Waals surface area contributed by atoms with E-state index < -0.39 is 15.6 Å². The van der Waals surface area contributed by atoms with E-state index in [2.05, 4.69) is 5.32 Å². The molecule has 1 aliphatic rings. The summed E-state index contributed by atoms with van der Waals surface area (Å²) in [4.78, 5) is -0.389. The van der Waals surface area contributed by atoms with Crippen LogP contribution in [0.1, 0.15) is 12.8 Å². The van der Waals surface area contributed by atoms with Crippen LogP contribution in [0.25, 0.3) is 0 Å². The first-order valence-corrected chi connectivity index (χ1v) is 8.00. The van der Waals surface area contributed by atoms with Crippen molar-refractivity contribution in [2.45, 2.75) is 23.5 Å². The molecule has 1 fully saturated rings. The number of ether oxygens (including phenoxy) is 1. The molecule has 1 saturated heterocycles. The summed E-state index contributed by atoms with van der Waals surface area (Å²) in [5.74, 6) is -2.30. The van der Waals surface area contributed by atoms with Crippen molar-refractivity contribution in [3.8, 4) is 5.75 Å². The third-order valence-corrected chi connectivity index (χ3v) is 4.74. The maximum atomic E-state index is 12.3. The van der Waals surface area contributed by atoms with Crippen LogP contribution in [0.15, 0.2) is 29.2 Å². The Balaban J connectivity index is 1.88. The van der Waals surface area contributed by atoms with Crippen LogP contribution < -0.4 is 10.1 Å². The van der Waals surface area contributed by atoms with Crippen LogP contribution in [0.5, 0.6) is 5.75 Å². The summed E-state index contributed by atoms with van der Waals surface area (Å²) in [5, 5.41) is 3.26. The number of benzene rings is 1. The van der Waals surface area contributed by atoms with Gasteiger partial charge in [-0.1, -0.05) is 0 Å². The van der Waals surface area contributed by atoms with Crippen molar-refractivity contribution in [1.82, 2.24) is 5.32 Å². The number of halogens is 2. The van der Waals surface area contributed by atoms with Crippen LogP contribution in [-0.4, -0.2) is 33.9 Å². The lowest BCUT2D eigenvalue weighted by Gasteiger charge is -2.10. The first kappa shape index (κ1) is 15.2. The minimum absolute atomic E-state index is 0.389. The highest BCUT2D eigenvalue weighted by Gasteiger charge is 2.26. The Bertz CT molecular complexity index is 525. The normalized spacial score (nSPS) is 19.4. The Hall–Kier alpha value is -1.21. The molecule has 0 aliphatic carbocycles. The van der Waals surface area contributed by atoms with E-state index in [0.29, 0.717) is 18.3 Å². The van der Waals surface area contributed by atoms with E-state index in [1.807, 2.05) is 0 Å². The van der Waals surface area contributed by atoms with Gasteiger partial charge in [0.05, 0.1) is 11.5 Å². The zero-order chi connectivity index (χ0) is 14.6. The molecular formula is C13H17F2NO3S. The fraction of sp³-hybridized carbons (Fsp3) is 0.538. The fourth-order valence-corrected chi connectivity index (χ4v) is 2.85. The van der Waals surface area contributed by atoms with Crippen LogP contribution in [-0.2, 0) is 9.84 Å². The lowest BCUT2D eigenvalue weighted by Crippen LogP contribution is -2.12. The molecule has 0 radical (unpaired) electrons.